The SMILES string of the molecule is CCCN(CCC)c1ccc(N=Nc2c([N+](=O)[O-])cc([N+](=O)[O-])c(F)c2Br)c(NS(C)(=O)=O)c1. The maximum atomic E-state index is 14.4. The highest BCUT2D eigenvalue weighted by Gasteiger charge is 2.30. The summed E-state index contributed by atoms with van der Waals surface area (Å²) < 4.78 is 39.9. The van der Waals surface area contributed by atoms with Crippen molar-refractivity contribution >= 4 is 60.1 Å². The molecule has 0 saturated heterocycles. The third kappa shape index (κ3) is 6.66. The van der Waals surface area contributed by atoms with Crippen molar-refractivity contribution in [1.29, 1.82) is 0 Å². The van der Waals surface area contributed by atoms with Gasteiger partial charge in [0.05, 0.1) is 32.3 Å². The van der Waals surface area contributed by atoms with E-state index < -0.39 is 47.2 Å². The van der Waals surface area contributed by atoms with Crippen LogP contribution in [0, 0.1) is 26.0 Å². The zero-order valence-corrected chi connectivity index (χ0v) is 20.9. The molecule has 0 spiro atoms. The van der Waals surface area contributed by atoms with Crippen LogP contribution in [0.3, 0.4) is 0 Å². The minimum atomic E-state index is -3.72. The van der Waals surface area contributed by atoms with Gasteiger partial charge < -0.3 is 4.90 Å². The largest absolute Gasteiger partial charge is 0.371 e. The molecule has 34 heavy (non-hydrogen) atoms. The van der Waals surface area contributed by atoms with Crippen LogP contribution in [0.1, 0.15) is 26.7 Å². The predicted molar refractivity (Wildman–Crippen MR) is 129 cm³/mol. The van der Waals surface area contributed by atoms with Gasteiger partial charge in [-0.2, -0.15) is 4.39 Å². The number of sulfonamides is 1. The Morgan fingerprint density at radius 1 is 1.06 bits per heavy atom. The van der Waals surface area contributed by atoms with Gasteiger partial charge in [-0.3, -0.25) is 25.0 Å². The van der Waals surface area contributed by atoms with E-state index in [0.29, 0.717) is 6.07 Å². The number of azo groups is 1. The average Bonchev–Trinajstić information content (AvgIpc) is 2.73. The van der Waals surface area contributed by atoms with Crippen LogP contribution in [-0.4, -0.2) is 37.6 Å². The molecule has 0 unspecified atom stereocenters. The smallest absolute Gasteiger partial charge is 0.313 e. The zero-order valence-electron chi connectivity index (χ0n) is 18.5. The zero-order chi connectivity index (χ0) is 25.6. The van der Waals surface area contributed by atoms with E-state index in [-0.39, 0.29) is 11.4 Å². The van der Waals surface area contributed by atoms with Crippen molar-refractivity contribution in [2.45, 2.75) is 26.7 Å². The van der Waals surface area contributed by atoms with Crippen molar-refractivity contribution in [2.75, 3.05) is 29.0 Å². The van der Waals surface area contributed by atoms with Crippen LogP contribution in [0.4, 0.5) is 38.5 Å². The lowest BCUT2D eigenvalue weighted by Crippen LogP contribution is -2.25. The first kappa shape index (κ1) is 27.0. The van der Waals surface area contributed by atoms with Crippen LogP contribution >= 0.6 is 15.9 Å². The third-order valence-corrected chi connectivity index (χ3v) is 5.73. The highest BCUT2D eigenvalue weighted by atomic mass is 79.9. The van der Waals surface area contributed by atoms with Gasteiger partial charge in [-0.25, -0.2) is 8.42 Å². The summed E-state index contributed by atoms with van der Waals surface area (Å²) >= 11 is 2.77. The first-order valence-corrected chi connectivity index (χ1v) is 12.7. The number of nitrogens with zero attached hydrogens (tertiary/aromatic N) is 5. The Balaban J connectivity index is 2.64. The Morgan fingerprint density at radius 3 is 2.15 bits per heavy atom. The van der Waals surface area contributed by atoms with Gasteiger partial charge in [0.25, 0.3) is 0 Å². The molecule has 0 atom stereocenters. The number of hydrogen-bond donors (Lipinski definition) is 1. The van der Waals surface area contributed by atoms with Gasteiger partial charge >= 0.3 is 11.4 Å². The number of anilines is 2. The molecule has 2 aromatic rings. The van der Waals surface area contributed by atoms with E-state index in [1.54, 1.807) is 12.1 Å². The molecule has 0 radical (unpaired) electrons. The fourth-order valence-electron chi connectivity index (χ4n) is 3.06. The number of nitro groups is 2. The van der Waals surface area contributed by atoms with Crippen molar-refractivity contribution in [3.8, 4) is 0 Å². The monoisotopic (exact) mass is 560 g/mol. The highest BCUT2D eigenvalue weighted by Crippen LogP contribution is 2.43. The molecule has 12 nitrogen and oxygen atoms in total. The summed E-state index contributed by atoms with van der Waals surface area (Å²) in [6.45, 7) is 5.48. The van der Waals surface area contributed by atoms with Gasteiger partial charge in [-0.15, -0.1) is 10.2 Å². The standard InChI is InChI=1S/C19H22BrFN6O6S/c1-4-8-25(9-5-2)12-6-7-13(14(10-12)24-34(3,32)33)22-23-19-16(27(30)31)11-15(26(28)29)18(21)17(19)20/h6-7,10-11,24H,4-5,8-9H2,1-3H3. The van der Waals surface area contributed by atoms with Crippen LogP contribution in [-0.2, 0) is 10.0 Å². The summed E-state index contributed by atoms with van der Waals surface area (Å²) in [4.78, 5) is 22.4. The summed E-state index contributed by atoms with van der Waals surface area (Å²) in [7, 11) is -3.72. The van der Waals surface area contributed by atoms with E-state index in [1.807, 2.05) is 13.8 Å². The number of nitro benzene ring substituents is 2. The molecule has 0 fully saturated rings. The van der Waals surface area contributed by atoms with Crippen molar-refractivity contribution in [2.24, 2.45) is 10.2 Å². The molecular formula is C19H22BrFN6O6S. The molecule has 0 aliphatic carbocycles. The van der Waals surface area contributed by atoms with Crippen molar-refractivity contribution < 1.29 is 22.7 Å². The third-order valence-electron chi connectivity index (χ3n) is 4.42. The van der Waals surface area contributed by atoms with Crippen LogP contribution in [0.2, 0.25) is 0 Å². The van der Waals surface area contributed by atoms with Gasteiger partial charge in [-0.1, -0.05) is 13.8 Å². The minimum Gasteiger partial charge on any atom is -0.371 e. The average molecular weight is 561 g/mol. The number of benzene rings is 2. The van der Waals surface area contributed by atoms with E-state index >= 15 is 0 Å². The number of rotatable bonds is 11. The van der Waals surface area contributed by atoms with Crippen molar-refractivity contribution in [3.05, 3.63) is 54.8 Å². The Kier molecular flexibility index (Phi) is 8.98. The summed E-state index contributed by atoms with van der Waals surface area (Å²) in [6.07, 6.45) is 2.67. The normalized spacial score (nSPS) is 11.6. The van der Waals surface area contributed by atoms with E-state index in [4.69, 9.17) is 0 Å². The lowest BCUT2D eigenvalue weighted by molar-refractivity contribution is -0.395. The molecule has 184 valence electrons. The van der Waals surface area contributed by atoms with Crippen LogP contribution in [0.5, 0.6) is 0 Å². The molecule has 2 rings (SSSR count). The fraction of sp³-hybridized carbons (Fsp3) is 0.368. The molecule has 0 bridgehead atoms. The van der Waals surface area contributed by atoms with Gasteiger partial charge in [0.1, 0.15) is 5.69 Å². The minimum absolute atomic E-state index is 0.00193. The Morgan fingerprint density at radius 2 is 1.65 bits per heavy atom. The van der Waals surface area contributed by atoms with E-state index in [9.17, 15) is 33.0 Å². The number of hydrogen-bond acceptors (Lipinski definition) is 9. The van der Waals surface area contributed by atoms with Gasteiger partial charge in [0.15, 0.2) is 5.69 Å². The molecule has 0 aliphatic heterocycles. The molecular weight excluding hydrogens is 539 g/mol. The summed E-state index contributed by atoms with van der Waals surface area (Å²) in [5, 5.41) is 30.0. The first-order chi connectivity index (χ1) is 15.9. The molecule has 0 amide bonds. The molecule has 15 heteroatoms. The van der Waals surface area contributed by atoms with Gasteiger partial charge in [0.2, 0.25) is 15.8 Å². The second-order valence-electron chi connectivity index (χ2n) is 7.17. The number of halogens is 2. The first-order valence-electron chi connectivity index (χ1n) is 9.98. The molecule has 0 aromatic heterocycles. The summed E-state index contributed by atoms with van der Waals surface area (Å²) in [5.74, 6) is -1.36. The van der Waals surface area contributed by atoms with E-state index in [1.165, 1.54) is 6.07 Å². The van der Waals surface area contributed by atoms with Crippen LogP contribution < -0.4 is 9.62 Å². The topological polar surface area (TPSA) is 160 Å². The van der Waals surface area contributed by atoms with Crippen molar-refractivity contribution in [3.63, 3.8) is 0 Å². The Labute approximate surface area is 203 Å². The lowest BCUT2D eigenvalue weighted by atomic mass is 10.2. The van der Waals surface area contributed by atoms with Crippen LogP contribution in [0.15, 0.2) is 39.0 Å². The summed E-state index contributed by atoms with van der Waals surface area (Å²) in [5.41, 5.74) is -1.77. The molecule has 2 aromatic carbocycles. The lowest BCUT2D eigenvalue weighted by Gasteiger charge is -2.24. The Hall–Kier alpha value is -3.20. The fourth-order valence-corrected chi connectivity index (χ4v) is 4.11. The molecule has 0 saturated carbocycles. The maximum absolute atomic E-state index is 14.4. The maximum Gasteiger partial charge on any atom is 0.313 e. The molecule has 1 N–H and O–H groups in total. The highest BCUT2D eigenvalue weighted by molar-refractivity contribution is 9.10. The predicted octanol–water partition coefficient (Wildman–Crippen LogP) is 5.82. The van der Waals surface area contributed by atoms with Gasteiger partial charge in [0, 0.05) is 18.8 Å². The van der Waals surface area contributed by atoms with E-state index in [0.717, 1.165) is 37.9 Å². The van der Waals surface area contributed by atoms with Crippen molar-refractivity contribution in [1.82, 2.24) is 0 Å². The second kappa shape index (κ2) is 11.3. The summed E-state index contributed by atoms with van der Waals surface area (Å²) in [6, 6.07) is 5.15. The van der Waals surface area contributed by atoms with E-state index in [2.05, 4.69) is 35.8 Å². The quantitative estimate of drug-likeness (QED) is 0.205. The number of nitrogens with one attached hydrogen (secondary N) is 1. The molecule has 0 aliphatic rings. The van der Waals surface area contributed by atoms with Crippen LogP contribution in [0.25, 0.3) is 0 Å². The Bertz CT molecular complexity index is 1230. The molecule has 0 heterocycles. The second-order valence-corrected chi connectivity index (χ2v) is 9.71. The van der Waals surface area contributed by atoms with Gasteiger partial charge in [-0.05, 0) is 47.0 Å².